The lowest BCUT2D eigenvalue weighted by Gasteiger charge is -2.20. The van der Waals surface area contributed by atoms with Gasteiger partial charge in [-0.15, -0.1) is 0 Å². The second-order valence-electron chi connectivity index (χ2n) is 8.91. The lowest BCUT2D eigenvalue weighted by Crippen LogP contribution is -2.35. The second kappa shape index (κ2) is 9.74. The van der Waals surface area contributed by atoms with Crippen LogP contribution in [0, 0.1) is 33.1 Å². The number of hydrazone groups is 1. The van der Waals surface area contributed by atoms with E-state index >= 15 is 0 Å². The summed E-state index contributed by atoms with van der Waals surface area (Å²) in [7, 11) is 1.65. The molecule has 9 heteroatoms. The Bertz CT molecular complexity index is 1530. The number of aryl methyl sites for hydroxylation is 3. The molecule has 0 unspecified atom stereocenters. The highest BCUT2D eigenvalue weighted by molar-refractivity contribution is 8.27. The van der Waals surface area contributed by atoms with E-state index in [2.05, 4.69) is 20.7 Å². The summed E-state index contributed by atoms with van der Waals surface area (Å²) in [5.74, 6) is 1.06. The Morgan fingerprint density at radius 1 is 1.05 bits per heavy atom. The molecule has 8 nitrogen and oxygen atoms in total. The van der Waals surface area contributed by atoms with Crippen LogP contribution in [0.4, 0.5) is 0 Å². The van der Waals surface area contributed by atoms with Crippen LogP contribution in [0.1, 0.15) is 28.1 Å². The van der Waals surface area contributed by atoms with E-state index in [1.807, 2.05) is 70.2 Å². The molecule has 0 aliphatic carbocycles. The highest BCUT2D eigenvalue weighted by Gasteiger charge is 2.36. The largest absolute Gasteiger partial charge is 0.495 e. The minimum Gasteiger partial charge on any atom is -0.495 e. The highest BCUT2D eigenvalue weighted by atomic mass is 32.2. The number of thioether (sulfide) groups is 1. The Labute approximate surface area is 219 Å². The van der Waals surface area contributed by atoms with Crippen molar-refractivity contribution in [2.45, 2.75) is 27.7 Å². The van der Waals surface area contributed by atoms with E-state index in [1.54, 1.807) is 13.2 Å². The van der Waals surface area contributed by atoms with Crippen molar-refractivity contribution in [2.75, 3.05) is 13.7 Å². The molecule has 1 N–H and O–H groups in total. The van der Waals surface area contributed by atoms with Crippen molar-refractivity contribution in [3.05, 3.63) is 82.2 Å². The number of benzene rings is 2. The summed E-state index contributed by atoms with van der Waals surface area (Å²) in [6.07, 6.45) is 1.72. The van der Waals surface area contributed by atoms with Gasteiger partial charge in [-0.1, -0.05) is 24.3 Å². The molecule has 0 atom stereocenters. The molecule has 0 fully saturated rings. The number of amidine groups is 2. The summed E-state index contributed by atoms with van der Waals surface area (Å²) < 4.78 is 13.6. The first-order valence-electron chi connectivity index (χ1n) is 11.8. The number of amides is 1. The Kier molecular flexibility index (Phi) is 6.47. The van der Waals surface area contributed by atoms with Gasteiger partial charge in [-0.05, 0) is 86.5 Å². The molecule has 1 amide bonds. The first kappa shape index (κ1) is 24.6. The maximum atomic E-state index is 13.0. The van der Waals surface area contributed by atoms with Gasteiger partial charge < -0.3 is 14.0 Å². The van der Waals surface area contributed by atoms with Crippen LogP contribution in [0.15, 0.2) is 64.2 Å². The second-order valence-corrected chi connectivity index (χ2v) is 9.95. The van der Waals surface area contributed by atoms with Gasteiger partial charge in [0.15, 0.2) is 5.84 Å². The number of nitrogens with one attached hydrogen (secondary N) is 1. The molecule has 0 saturated carbocycles. The third-order valence-corrected chi connectivity index (χ3v) is 7.17. The number of rotatable bonds is 6. The van der Waals surface area contributed by atoms with Gasteiger partial charge in [-0.3, -0.25) is 10.2 Å². The molecule has 5 rings (SSSR count). The lowest BCUT2D eigenvalue weighted by molar-refractivity contribution is -0.114. The molecule has 0 saturated heterocycles. The number of hydrogen-bond donors (Lipinski definition) is 1. The quantitative estimate of drug-likeness (QED) is 0.445. The predicted molar refractivity (Wildman–Crippen MR) is 148 cm³/mol. The first-order valence-corrected chi connectivity index (χ1v) is 12.6. The van der Waals surface area contributed by atoms with E-state index in [1.165, 1.54) is 16.8 Å². The van der Waals surface area contributed by atoms with Gasteiger partial charge in [-0.25, -0.2) is 0 Å². The monoisotopic (exact) mass is 513 g/mol. The van der Waals surface area contributed by atoms with E-state index in [9.17, 15) is 4.79 Å². The average molecular weight is 514 g/mol. The number of aromatic nitrogens is 1. The van der Waals surface area contributed by atoms with Gasteiger partial charge in [0.05, 0.1) is 18.4 Å². The van der Waals surface area contributed by atoms with Crippen molar-refractivity contribution in [3.63, 3.8) is 0 Å². The van der Waals surface area contributed by atoms with Crippen molar-refractivity contribution in [1.82, 2.24) is 9.58 Å². The molecule has 0 radical (unpaired) electrons. The Morgan fingerprint density at radius 2 is 1.84 bits per heavy atom. The van der Waals surface area contributed by atoms with Crippen molar-refractivity contribution in [3.8, 4) is 17.2 Å². The van der Waals surface area contributed by atoms with Crippen LogP contribution in [0.2, 0.25) is 0 Å². The minimum absolute atomic E-state index is 0.00803. The van der Waals surface area contributed by atoms with Crippen molar-refractivity contribution < 1.29 is 14.3 Å². The Hall–Kier alpha value is -4.11. The molecule has 2 aromatic carbocycles. The van der Waals surface area contributed by atoms with Crippen LogP contribution < -0.4 is 9.47 Å². The van der Waals surface area contributed by atoms with Crippen LogP contribution in [0.25, 0.3) is 11.8 Å². The molecule has 0 bridgehead atoms. The van der Waals surface area contributed by atoms with Gasteiger partial charge in [-0.2, -0.15) is 15.1 Å². The number of carbonyl (C=O) groups excluding carboxylic acids is 1. The van der Waals surface area contributed by atoms with Gasteiger partial charge in [0.25, 0.3) is 5.91 Å². The summed E-state index contributed by atoms with van der Waals surface area (Å²) >= 11 is 1.24. The highest BCUT2D eigenvalue weighted by Crippen LogP contribution is 2.32. The fraction of sp³-hybridized carbons (Fsp3) is 0.214. The number of fused-ring (bicyclic) bond motifs is 1. The van der Waals surface area contributed by atoms with E-state index in [0.717, 1.165) is 45.3 Å². The lowest BCUT2D eigenvalue weighted by atomic mass is 10.1. The molecule has 1 aromatic heterocycles. The van der Waals surface area contributed by atoms with Crippen molar-refractivity contribution >= 4 is 39.8 Å². The Morgan fingerprint density at radius 3 is 2.59 bits per heavy atom. The maximum absolute atomic E-state index is 13.0. The molecule has 2 aliphatic heterocycles. The summed E-state index contributed by atoms with van der Waals surface area (Å²) in [5.41, 5.74) is 5.98. The summed E-state index contributed by atoms with van der Waals surface area (Å²) in [4.78, 5) is 17.2. The van der Waals surface area contributed by atoms with Crippen LogP contribution in [-0.2, 0) is 4.79 Å². The van der Waals surface area contributed by atoms with E-state index in [-0.39, 0.29) is 18.0 Å². The maximum Gasteiger partial charge on any atom is 0.283 e. The minimum atomic E-state index is -0.460. The van der Waals surface area contributed by atoms with E-state index in [4.69, 9.17) is 14.9 Å². The molecule has 188 valence electrons. The van der Waals surface area contributed by atoms with E-state index in [0.29, 0.717) is 10.2 Å². The summed E-state index contributed by atoms with van der Waals surface area (Å²) in [6, 6.07) is 15.8. The smallest absolute Gasteiger partial charge is 0.283 e. The predicted octanol–water partition coefficient (Wildman–Crippen LogP) is 5.42. The van der Waals surface area contributed by atoms with Gasteiger partial charge in [0.1, 0.15) is 23.1 Å². The number of nitrogens with zero attached hydrogens (tertiary/aromatic N) is 4. The van der Waals surface area contributed by atoms with Crippen molar-refractivity contribution in [1.29, 1.82) is 5.41 Å². The number of aliphatic imine (C=N–C) groups is 1. The number of hydrogen-bond acceptors (Lipinski definition) is 6. The topological polar surface area (TPSA) is 92.3 Å². The van der Waals surface area contributed by atoms with Crippen LogP contribution in [0.3, 0.4) is 0 Å². The van der Waals surface area contributed by atoms with Gasteiger partial charge >= 0.3 is 0 Å². The fourth-order valence-electron chi connectivity index (χ4n) is 4.38. The zero-order valence-corrected chi connectivity index (χ0v) is 22.1. The normalized spacial score (nSPS) is 16.1. The number of carbonyl (C=O) groups is 1. The zero-order chi connectivity index (χ0) is 26.3. The molecule has 3 aromatic rings. The summed E-state index contributed by atoms with van der Waals surface area (Å²) in [5, 5.41) is 15.6. The number of methoxy groups -OCH3 is 1. The first-order chi connectivity index (χ1) is 17.8. The number of ether oxygens (including phenoxy) is 2. The molecule has 2 aliphatic rings. The molecular formula is C28H27N5O3S. The fourth-order valence-corrected chi connectivity index (χ4v) is 5.18. The average Bonchev–Trinajstić information content (AvgIpc) is 3.40. The van der Waals surface area contributed by atoms with Crippen molar-refractivity contribution in [2.24, 2.45) is 10.1 Å². The van der Waals surface area contributed by atoms with Crippen LogP contribution in [-0.4, -0.2) is 45.2 Å². The third-order valence-electron chi connectivity index (χ3n) is 6.29. The van der Waals surface area contributed by atoms with E-state index < -0.39 is 5.91 Å². The van der Waals surface area contributed by atoms with Crippen LogP contribution >= 0.6 is 11.8 Å². The van der Waals surface area contributed by atoms with Gasteiger partial charge in [0, 0.05) is 11.4 Å². The molecular weight excluding hydrogens is 486 g/mol. The SMILES string of the molecule is COc1ccc(C)cc1-n1c(C)cc(C=C2C(=N)N3N=C(COc4ccccc4C)SC3=NC2=O)c1C. The molecule has 0 spiro atoms. The molecule has 3 heterocycles. The third kappa shape index (κ3) is 4.58. The standard InChI is InChI=1S/C28H27N5O3S/c1-16-10-11-24(35-5)22(12-16)32-18(3)13-20(19(32)4)14-21-26(29)33-28(30-27(21)34)37-25(31-33)15-36-23-9-7-6-8-17(23)2/h6-14,29H,15H2,1-5H3. The van der Waals surface area contributed by atoms with Gasteiger partial charge in [0.2, 0.25) is 5.17 Å². The Balaban J connectivity index is 1.43. The number of para-hydroxylation sites is 1. The zero-order valence-electron chi connectivity index (χ0n) is 21.3. The molecule has 37 heavy (non-hydrogen) atoms. The summed E-state index contributed by atoms with van der Waals surface area (Å²) in [6.45, 7) is 8.22. The van der Waals surface area contributed by atoms with Crippen LogP contribution in [0.5, 0.6) is 11.5 Å².